The largest absolute Gasteiger partial charge is 0.299 e. The zero-order valence-electron chi connectivity index (χ0n) is 8.99. The van der Waals surface area contributed by atoms with E-state index in [1.807, 2.05) is 25.1 Å². The second-order valence-electron chi connectivity index (χ2n) is 3.56. The molecule has 0 saturated carbocycles. The normalized spacial score (nSPS) is 11.9. The van der Waals surface area contributed by atoms with Gasteiger partial charge in [-0.05, 0) is 25.5 Å². The van der Waals surface area contributed by atoms with Crippen LogP contribution in [0.3, 0.4) is 0 Å². The zero-order chi connectivity index (χ0) is 11.4. The maximum Gasteiger partial charge on any atom is 0.169 e. The van der Waals surface area contributed by atoms with Gasteiger partial charge in [0.1, 0.15) is 11.7 Å². The van der Waals surface area contributed by atoms with Gasteiger partial charge in [0.05, 0.1) is 0 Å². The van der Waals surface area contributed by atoms with Gasteiger partial charge in [-0.1, -0.05) is 36.4 Å². The van der Waals surface area contributed by atoms with Gasteiger partial charge in [-0.2, -0.15) is 0 Å². The quantitative estimate of drug-likeness (QED) is 0.555. The first kappa shape index (κ1) is 11.4. The summed E-state index contributed by atoms with van der Waals surface area (Å²) in [7, 11) is 0. The van der Waals surface area contributed by atoms with Crippen LogP contribution < -0.4 is 0 Å². The van der Waals surface area contributed by atoms with Gasteiger partial charge in [-0.25, -0.2) is 0 Å². The molecular weight excluding hydrogens is 188 g/mol. The number of carbonyl (C=O) groups is 2. The molecule has 0 aliphatic rings. The Morgan fingerprint density at radius 2 is 2.07 bits per heavy atom. The molecule has 0 saturated heterocycles. The number of hydrogen-bond donors (Lipinski definition) is 0. The Morgan fingerprint density at radius 1 is 1.40 bits per heavy atom. The summed E-state index contributed by atoms with van der Waals surface area (Å²) in [4.78, 5) is 22.9. The van der Waals surface area contributed by atoms with E-state index in [4.69, 9.17) is 0 Å². The summed E-state index contributed by atoms with van der Waals surface area (Å²) >= 11 is 0. The monoisotopic (exact) mass is 202 g/mol. The summed E-state index contributed by atoms with van der Waals surface area (Å²) in [5.74, 6) is -1.08. The van der Waals surface area contributed by atoms with Gasteiger partial charge < -0.3 is 0 Å². The van der Waals surface area contributed by atoms with Crippen molar-refractivity contribution in [3.63, 3.8) is 0 Å². The Bertz CT molecular complexity index is 405. The van der Waals surface area contributed by atoms with E-state index in [-0.39, 0.29) is 11.6 Å². The standard InChI is InChI=1S/C13H14O2/c1-4-12(15)13(10(3)14)11-7-5-6-9(2)8-11/h4-8,13H,1H2,2-3H3. The summed E-state index contributed by atoms with van der Waals surface area (Å²) in [6.07, 6.45) is 1.20. The summed E-state index contributed by atoms with van der Waals surface area (Å²) in [6, 6.07) is 7.42. The van der Waals surface area contributed by atoms with E-state index in [0.717, 1.165) is 11.1 Å². The van der Waals surface area contributed by atoms with Crippen LogP contribution in [0.2, 0.25) is 0 Å². The van der Waals surface area contributed by atoms with Crippen molar-refractivity contribution < 1.29 is 9.59 Å². The second-order valence-corrected chi connectivity index (χ2v) is 3.56. The molecule has 0 spiro atoms. The van der Waals surface area contributed by atoms with Gasteiger partial charge >= 0.3 is 0 Å². The SMILES string of the molecule is C=CC(=O)C(C(C)=O)c1cccc(C)c1. The topological polar surface area (TPSA) is 34.1 Å². The molecule has 78 valence electrons. The van der Waals surface area contributed by atoms with Crippen molar-refractivity contribution in [3.05, 3.63) is 48.0 Å². The molecule has 0 N–H and O–H groups in total. The van der Waals surface area contributed by atoms with Gasteiger partial charge in [-0.3, -0.25) is 9.59 Å². The number of ketones is 2. The molecule has 0 aliphatic carbocycles. The molecule has 1 aromatic carbocycles. The maximum atomic E-state index is 11.5. The molecule has 0 aromatic heterocycles. The highest BCUT2D eigenvalue weighted by Crippen LogP contribution is 2.19. The number of hydrogen-bond acceptors (Lipinski definition) is 2. The zero-order valence-corrected chi connectivity index (χ0v) is 8.99. The molecule has 2 heteroatoms. The molecule has 0 radical (unpaired) electrons. The van der Waals surface area contributed by atoms with Gasteiger partial charge in [-0.15, -0.1) is 0 Å². The fourth-order valence-corrected chi connectivity index (χ4v) is 1.57. The lowest BCUT2D eigenvalue weighted by Gasteiger charge is -2.11. The van der Waals surface area contributed by atoms with Crippen LogP contribution in [0.15, 0.2) is 36.9 Å². The average molecular weight is 202 g/mol. The van der Waals surface area contributed by atoms with Crippen LogP contribution in [0.25, 0.3) is 0 Å². The lowest BCUT2D eigenvalue weighted by atomic mass is 9.90. The predicted molar refractivity (Wildman–Crippen MR) is 59.8 cm³/mol. The molecule has 1 rings (SSSR count). The van der Waals surface area contributed by atoms with E-state index in [2.05, 4.69) is 6.58 Å². The van der Waals surface area contributed by atoms with Crippen LogP contribution in [0.5, 0.6) is 0 Å². The number of Topliss-reactive ketones (excluding diaryl/α,β-unsaturated/α-hetero) is 1. The van der Waals surface area contributed by atoms with E-state index >= 15 is 0 Å². The summed E-state index contributed by atoms with van der Waals surface area (Å²) in [5, 5.41) is 0. The molecule has 0 amide bonds. The lowest BCUT2D eigenvalue weighted by Crippen LogP contribution is -2.17. The van der Waals surface area contributed by atoms with E-state index in [9.17, 15) is 9.59 Å². The lowest BCUT2D eigenvalue weighted by molar-refractivity contribution is -0.125. The Balaban J connectivity index is 3.15. The van der Waals surface area contributed by atoms with Crippen molar-refractivity contribution >= 4 is 11.6 Å². The van der Waals surface area contributed by atoms with Crippen LogP contribution in [0.1, 0.15) is 24.0 Å². The van der Waals surface area contributed by atoms with Crippen molar-refractivity contribution in [1.82, 2.24) is 0 Å². The van der Waals surface area contributed by atoms with E-state index in [0.29, 0.717) is 0 Å². The van der Waals surface area contributed by atoms with E-state index < -0.39 is 5.92 Å². The molecule has 0 aliphatic heterocycles. The fraction of sp³-hybridized carbons (Fsp3) is 0.231. The van der Waals surface area contributed by atoms with E-state index in [1.165, 1.54) is 13.0 Å². The molecule has 1 aromatic rings. The number of rotatable bonds is 4. The van der Waals surface area contributed by atoms with Crippen molar-refractivity contribution in [2.24, 2.45) is 0 Å². The van der Waals surface area contributed by atoms with Crippen molar-refractivity contribution in [2.45, 2.75) is 19.8 Å². The highest BCUT2D eigenvalue weighted by Gasteiger charge is 2.22. The van der Waals surface area contributed by atoms with E-state index in [1.54, 1.807) is 6.07 Å². The van der Waals surface area contributed by atoms with Crippen LogP contribution in [0.4, 0.5) is 0 Å². The minimum Gasteiger partial charge on any atom is -0.299 e. The Labute approximate surface area is 89.6 Å². The molecule has 0 fully saturated rings. The number of aryl methyl sites for hydroxylation is 1. The molecule has 2 nitrogen and oxygen atoms in total. The Morgan fingerprint density at radius 3 is 2.53 bits per heavy atom. The third kappa shape index (κ3) is 2.62. The fourth-order valence-electron chi connectivity index (χ4n) is 1.57. The van der Waals surface area contributed by atoms with Gasteiger partial charge in [0.25, 0.3) is 0 Å². The third-order valence-corrected chi connectivity index (χ3v) is 2.27. The van der Waals surface area contributed by atoms with Crippen LogP contribution in [-0.2, 0) is 9.59 Å². The van der Waals surface area contributed by atoms with Crippen LogP contribution >= 0.6 is 0 Å². The number of carbonyl (C=O) groups excluding carboxylic acids is 2. The molecular formula is C13H14O2. The molecule has 0 heterocycles. The average Bonchev–Trinajstić information content (AvgIpc) is 2.17. The third-order valence-electron chi connectivity index (χ3n) is 2.27. The highest BCUT2D eigenvalue weighted by atomic mass is 16.1. The van der Waals surface area contributed by atoms with Gasteiger partial charge in [0, 0.05) is 0 Å². The van der Waals surface area contributed by atoms with Crippen molar-refractivity contribution in [2.75, 3.05) is 0 Å². The first-order valence-electron chi connectivity index (χ1n) is 4.79. The molecule has 15 heavy (non-hydrogen) atoms. The number of allylic oxidation sites excluding steroid dienone is 1. The Kier molecular flexibility index (Phi) is 3.56. The second kappa shape index (κ2) is 4.69. The highest BCUT2D eigenvalue weighted by molar-refractivity contribution is 6.11. The summed E-state index contributed by atoms with van der Waals surface area (Å²) < 4.78 is 0. The number of benzene rings is 1. The van der Waals surface area contributed by atoms with Crippen LogP contribution in [-0.4, -0.2) is 11.6 Å². The van der Waals surface area contributed by atoms with Crippen LogP contribution in [0, 0.1) is 6.92 Å². The molecule has 1 unspecified atom stereocenters. The maximum absolute atomic E-state index is 11.5. The molecule has 0 bridgehead atoms. The van der Waals surface area contributed by atoms with Crippen molar-refractivity contribution in [3.8, 4) is 0 Å². The minimum absolute atomic E-state index is 0.148. The summed E-state index contributed by atoms with van der Waals surface area (Å²) in [5.41, 5.74) is 1.78. The Hall–Kier alpha value is -1.70. The van der Waals surface area contributed by atoms with Crippen molar-refractivity contribution in [1.29, 1.82) is 0 Å². The van der Waals surface area contributed by atoms with Gasteiger partial charge in [0.15, 0.2) is 5.78 Å². The smallest absolute Gasteiger partial charge is 0.169 e. The summed E-state index contributed by atoms with van der Waals surface area (Å²) in [6.45, 7) is 6.76. The van der Waals surface area contributed by atoms with Gasteiger partial charge in [0.2, 0.25) is 0 Å². The predicted octanol–water partition coefficient (Wildman–Crippen LogP) is 2.42. The molecule has 1 atom stereocenters. The first-order valence-corrected chi connectivity index (χ1v) is 4.79. The first-order chi connectivity index (χ1) is 7.06. The minimum atomic E-state index is -0.692.